The van der Waals surface area contributed by atoms with Gasteiger partial charge in [0.2, 0.25) is 0 Å². The number of nitrogens with one attached hydrogen (secondary N) is 1. The van der Waals surface area contributed by atoms with E-state index < -0.39 is 49.4 Å². The van der Waals surface area contributed by atoms with Crippen molar-refractivity contribution < 1.29 is 27.6 Å². The number of rotatable bonds is 8. The van der Waals surface area contributed by atoms with Crippen molar-refractivity contribution in [2.75, 3.05) is 6.61 Å². The summed E-state index contributed by atoms with van der Waals surface area (Å²) in [6, 6.07) is 0. The Kier molecular flexibility index (Phi) is 8.30. The molecule has 2 aromatic heterocycles. The highest BCUT2D eigenvalue weighted by Gasteiger charge is 2.54. The van der Waals surface area contributed by atoms with Crippen LogP contribution in [0.5, 0.6) is 0 Å². The molecule has 1 aliphatic heterocycles. The Morgan fingerprint density at radius 1 is 1.06 bits per heavy atom. The minimum absolute atomic E-state index is 0.0982. The topological polar surface area (TPSA) is 138 Å². The Bertz CT molecular complexity index is 1160. The first-order valence-corrected chi connectivity index (χ1v) is 19.2. The molecule has 5 unspecified atom stereocenters. The molecule has 0 saturated carbocycles. The molecule has 2 N–H and O–H groups in total. The number of nitrogens with zero attached hydrogens (tertiary/aromatic N) is 3. The number of aromatic amines is 1. The summed E-state index contributed by atoms with van der Waals surface area (Å²) in [6.07, 6.45) is 0.256. The number of fused-ring (bicyclic) bond motifs is 1. The minimum Gasteiger partial charge on any atom is -0.408 e. The summed E-state index contributed by atoms with van der Waals surface area (Å²) < 4.78 is 38.6. The molecule has 36 heavy (non-hydrogen) atoms. The van der Waals surface area contributed by atoms with E-state index in [-0.39, 0.29) is 27.8 Å². The lowest BCUT2D eigenvalue weighted by Gasteiger charge is -2.44. The van der Waals surface area contributed by atoms with Gasteiger partial charge in [-0.25, -0.2) is 9.97 Å². The standard InChI is InChI=1S/C22H41N4O7PSi2/c1-21(2,3)35(7,8)32-16-14(11-30-34(28)29)31-20(17(16)33-36(9,10)22(4,5)6)26-13-25-15-18(26)23-12-24-19(15)27/h12-14,16-17,20,34H,11H2,1-10H3,(H,28,29)(H,23,24,27). The molecule has 11 nitrogen and oxygen atoms in total. The number of H-pyrrole nitrogens is 1. The molecule has 3 heterocycles. The normalized spacial score (nSPS) is 25.0. The van der Waals surface area contributed by atoms with Gasteiger partial charge in [-0.05, 0) is 36.3 Å². The van der Waals surface area contributed by atoms with Gasteiger partial charge in [0.25, 0.3) is 5.56 Å². The fourth-order valence-corrected chi connectivity index (χ4v) is 6.48. The van der Waals surface area contributed by atoms with Crippen molar-refractivity contribution in [1.82, 2.24) is 19.5 Å². The summed E-state index contributed by atoms with van der Waals surface area (Å²) in [4.78, 5) is 32.8. The molecule has 0 amide bonds. The molecule has 2 aromatic rings. The Labute approximate surface area is 215 Å². The zero-order valence-corrected chi connectivity index (χ0v) is 25.9. The molecule has 1 saturated heterocycles. The molecular weight excluding hydrogens is 519 g/mol. The molecule has 1 fully saturated rings. The molecule has 0 bridgehead atoms. The van der Waals surface area contributed by atoms with Crippen LogP contribution in [0, 0.1) is 0 Å². The van der Waals surface area contributed by atoms with Gasteiger partial charge in [0.15, 0.2) is 34.0 Å². The van der Waals surface area contributed by atoms with Crippen LogP contribution in [0.25, 0.3) is 11.2 Å². The third-order valence-corrected chi connectivity index (χ3v) is 17.1. The molecular formula is C22H41N4O7PSi2. The summed E-state index contributed by atoms with van der Waals surface area (Å²) in [6.45, 7) is 21.4. The highest BCUT2D eigenvalue weighted by Crippen LogP contribution is 2.46. The SMILES string of the molecule is CC(C)(C)[Si](C)(C)OC1C(CO[PH](=O)O)OC(n2cnc3c(=O)[nH]cnc32)C1O[Si](C)(C)C(C)(C)C. The number of ether oxygens (including phenoxy) is 1. The second-order valence-corrected chi connectivity index (χ2v) is 22.7. The van der Waals surface area contributed by atoms with E-state index in [0.717, 1.165) is 0 Å². The molecule has 14 heteroatoms. The van der Waals surface area contributed by atoms with Gasteiger partial charge >= 0.3 is 8.25 Å². The fourth-order valence-electron chi connectivity index (χ4n) is 3.57. The van der Waals surface area contributed by atoms with E-state index in [0.29, 0.717) is 5.65 Å². The van der Waals surface area contributed by atoms with Gasteiger partial charge < -0.3 is 28.0 Å². The van der Waals surface area contributed by atoms with Crippen LogP contribution in [0.15, 0.2) is 17.4 Å². The first-order chi connectivity index (χ1) is 16.4. The first kappa shape index (κ1) is 29.4. The van der Waals surface area contributed by atoms with E-state index in [1.807, 2.05) is 0 Å². The highest BCUT2D eigenvalue weighted by molar-refractivity contribution is 7.32. The summed E-state index contributed by atoms with van der Waals surface area (Å²) >= 11 is 0. The maximum absolute atomic E-state index is 12.3. The molecule has 0 radical (unpaired) electrons. The summed E-state index contributed by atoms with van der Waals surface area (Å²) in [7, 11) is -7.87. The number of hydrogen-bond acceptors (Lipinski definition) is 8. The Hall–Kier alpha value is -1.19. The minimum atomic E-state index is -3.18. The van der Waals surface area contributed by atoms with Crippen LogP contribution in [-0.2, 0) is 22.7 Å². The third kappa shape index (κ3) is 5.93. The van der Waals surface area contributed by atoms with Crippen molar-refractivity contribution in [3.05, 3.63) is 23.0 Å². The van der Waals surface area contributed by atoms with Crippen LogP contribution in [0.2, 0.25) is 36.3 Å². The molecule has 1 aliphatic rings. The number of imidazole rings is 1. The second-order valence-electron chi connectivity index (χ2n) is 12.4. The van der Waals surface area contributed by atoms with Crippen LogP contribution < -0.4 is 5.56 Å². The van der Waals surface area contributed by atoms with E-state index in [1.54, 1.807) is 4.57 Å². The Morgan fingerprint density at radius 2 is 1.61 bits per heavy atom. The summed E-state index contributed by atoms with van der Waals surface area (Å²) in [5, 5.41) is -0.199. The van der Waals surface area contributed by atoms with Crippen molar-refractivity contribution in [2.45, 2.75) is 102 Å². The lowest BCUT2D eigenvalue weighted by atomic mass is 10.1. The van der Waals surface area contributed by atoms with E-state index in [9.17, 15) is 14.3 Å². The van der Waals surface area contributed by atoms with Gasteiger partial charge in [0.1, 0.15) is 18.3 Å². The van der Waals surface area contributed by atoms with E-state index in [4.69, 9.17) is 18.1 Å². The fraction of sp³-hybridized carbons (Fsp3) is 0.773. The van der Waals surface area contributed by atoms with Gasteiger partial charge in [0.05, 0.1) is 19.3 Å². The highest BCUT2D eigenvalue weighted by atomic mass is 31.1. The van der Waals surface area contributed by atoms with Gasteiger partial charge in [-0.1, -0.05) is 41.5 Å². The van der Waals surface area contributed by atoms with Crippen molar-refractivity contribution in [1.29, 1.82) is 0 Å². The van der Waals surface area contributed by atoms with Crippen LogP contribution in [-0.4, -0.2) is 66.0 Å². The molecule has 204 valence electrons. The predicted octanol–water partition coefficient (Wildman–Crippen LogP) is 4.20. The van der Waals surface area contributed by atoms with E-state index >= 15 is 0 Å². The second kappa shape index (κ2) is 10.2. The van der Waals surface area contributed by atoms with Crippen LogP contribution in [0.1, 0.15) is 47.8 Å². The lowest BCUT2D eigenvalue weighted by Crippen LogP contribution is -2.54. The summed E-state index contributed by atoms with van der Waals surface area (Å²) in [5.41, 5.74) is 0.191. The first-order valence-electron chi connectivity index (χ1n) is 12.1. The number of hydrogen-bond donors (Lipinski definition) is 2. The smallest absolute Gasteiger partial charge is 0.316 e. The Balaban J connectivity index is 2.14. The predicted molar refractivity (Wildman–Crippen MR) is 143 cm³/mol. The molecule has 0 aromatic carbocycles. The maximum atomic E-state index is 12.3. The van der Waals surface area contributed by atoms with Crippen LogP contribution in [0.4, 0.5) is 0 Å². The zero-order chi connectivity index (χ0) is 27.3. The van der Waals surface area contributed by atoms with Gasteiger partial charge in [0, 0.05) is 0 Å². The summed E-state index contributed by atoms with van der Waals surface area (Å²) in [5.74, 6) is 0. The largest absolute Gasteiger partial charge is 0.408 e. The maximum Gasteiger partial charge on any atom is 0.316 e. The molecule has 5 atom stereocenters. The lowest BCUT2D eigenvalue weighted by molar-refractivity contribution is -0.0455. The van der Waals surface area contributed by atoms with Crippen LogP contribution >= 0.6 is 8.25 Å². The van der Waals surface area contributed by atoms with Crippen molar-refractivity contribution >= 4 is 36.1 Å². The van der Waals surface area contributed by atoms with Gasteiger partial charge in [-0.2, -0.15) is 0 Å². The van der Waals surface area contributed by atoms with Crippen molar-refractivity contribution in [3.8, 4) is 0 Å². The average Bonchev–Trinajstić information content (AvgIpc) is 3.27. The molecule has 0 aliphatic carbocycles. The molecule has 0 spiro atoms. The van der Waals surface area contributed by atoms with Gasteiger partial charge in [-0.15, -0.1) is 0 Å². The Morgan fingerprint density at radius 3 is 2.14 bits per heavy atom. The van der Waals surface area contributed by atoms with E-state index in [1.165, 1.54) is 12.7 Å². The zero-order valence-electron chi connectivity index (χ0n) is 22.9. The van der Waals surface area contributed by atoms with E-state index in [2.05, 4.69) is 82.7 Å². The molecule has 3 rings (SSSR count). The monoisotopic (exact) mass is 560 g/mol. The number of aromatic nitrogens is 4. The average molecular weight is 561 g/mol. The van der Waals surface area contributed by atoms with Crippen LogP contribution in [0.3, 0.4) is 0 Å². The van der Waals surface area contributed by atoms with Crippen molar-refractivity contribution in [3.63, 3.8) is 0 Å². The van der Waals surface area contributed by atoms with Gasteiger partial charge in [-0.3, -0.25) is 13.9 Å². The third-order valence-electron chi connectivity index (χ3n) is 7.77. The van der Waals surface area contributed by atoms with Crippen molar-refractivity contribution in [2.24, 2.45) is 0 Å². The quantitative estimate of drug-likeness (QED) is 0.359.